The van der Waals surface area contributed by atoms with Gasteiger partial charge in [0.2, 0.25) is 5.91 Å². The van der Waals surface area contributed by atoms with Crippen molar-refractivity contribution in [2.45, 2.75) is 32.4 Å². The number of ether oxygens (including phenoxy) is 2. The maximum atomic E-state index is 13.1. The van der Waals surface area contributed by atoms with Gasteiger partial charge < -0.3 is 20.1 Å². The number of fused-ring (bicyclic) bond motifs is 1. The fourth-order valence-electron chi connectivity index (χ4n) is 3.15. The molecule has 3 aromatic rings. The van der Waals surface area contributed by atoms with Gasteiger partial charge in [-0.05, 0) is 19.8 Å². The molecule has 10 nitrogen and oxygen atoms in total. The number of carbonyl (C=O) groups excluding carboxylic acids is 2. The number of pyridine rings is 1. The molecule has 0 aromatic carbocycles. The molecule has 1 fully saturated rings. The van der Waals surface area contributed by atoms with E-state index in [4.69, 9.17) is 9.47 Å². The number of nitrogens with zero attached hydrogens (tertiary/aromatic N) is 3. The topological polar surface area (TPSA) is 124 Å². The first-order chi connectivity index (χ1) is 15.4. The quantitative estimate of drug-likeness (QED) is 0.495. The van der Waals surface area contributed by atoms with Crippen LogP contribution >= 0.6 is 11.3 Å². The van der Waals surface area contributed by atoms with Crippen LogP contribution in [0.3, 0.4) is 0 Å². The first-order valence-corrected chi connectivity index (χ1v) is 11.0. The Balaban J connectivity index is 1.71. The second-order valence-electron chi connectivity index (χ2n) is 7.56. The van der Waals surface area contributed by atoms with E-state index >= 15 is 0 Å². The van der Waals surface area contributed by atoms with Crippen LogP contribution in [0.4, 0.5) is 17.2 Å². The van der Waals surface area contributed by atoms with Crippen molar-refractivity contribution in [2.24, 2.45) is 5.92 Å². The lowest BCUT2D eigenvalue weighted by atomic mass is 10.2. The number of esters is 1. The third-order valence-corrected chi connectivity index (χ3v) is 6.11. The summed E-state index contributed by atoms with van der Waals surface area (Å²) in [6.45, 7) is 2.16. The van der Waals surface area contributed by atoms with E-state index in [-0.39, 0.29) is 29.1 Å². The molecule has 11 heteroatoms. The maximum Gasteiger partial charge on any atom is 0.341 e. The monoisotopic (exact) mass is 457 g/mol. The molecule has 1 atom stereocenters. The molecule has 1 unspecified atom stereocenters. The number of carbonyl (C=O) groups is 2. The molecule has 0 radical (unpaired) electrons. The van der Waals surface area contributed by atoms with E-state index < -0.39 is 5.97 Å². The SMILES string of the molecule is COC(=O)c1cnc(NC(=O)C2CC2)cc1Nc1csc2cnn(CC(C)OC)c(=O)c12. The van der Waals surface area contributed by atoms with Gasteiger partial charge in [-0.25, -0.2) is 14.5 Å². The van der Waals surface area contributed by atoms with Crippen LogP contribution < -0.4 is 16.2 Å². The van der Waals surface area contributed by atoms with Crippen molar-refractivity contribution in [3.63, 3.8) is 0 Å². The third kappa shape index (κ3) is 4.48. The number of aromatic nitrogens is 3. The van der Waals surface area contributed by atoms with E-state index in [1.54, 1.807) is 24.8 Å². The van der Waals surface area contributed by atoms with Gasteiger partial charge in [0.15, 0.2) is 0 Å². The molecule has 3 aromatic heterocycles. The Bertz CT molecular complexity index is 1230. The summed E-state index contributed by atoms with van der Waals surface area (Å²) in [7, 11) is 2.85. The lowest BCUT2D eigenvalue weighted by Gasteiger charge is -2.13. The molecule has 1 aliphatic carbocycles. The van der Waals surface area contributed by atoms with E-state index in [9.17, 15) is 14.4 Å². The van der Waals surface area contributed by atoms with Crippen molar-refractivity contribution in [2.75, 3.05) is 24.9 Å². The standard InChI is InChI=1S/C21H23N5O5S/c1-11(30-2)9-26-20(28)18-15(10-32-16(18)8-23-26)24-14-6-17(25-19(27)12-4-5-12)22-7-13(14)21(29)31-3/h6-8,10-12H,4-5,9H2,1-3H3,(H2,22,24,25,27). The Morgan fingerprint density at radius 1 is 1.28 bits per heavy atom. The average molecular weight is 458 g/mol. The summed E-state index contributed by atoms with van der Waals surface area (Å²) in [6, 6.07) is 1.56. The number of hydrogen-bond acceptors (Lipinski definition) is 9. The second-order valence-corrected chi connectivity index (χ2v) is 8.47. The van der Waals surface area contributed by atoms with E-state index in [1.165, 1.54) is 29.3 Å². The van der Waals surface area contributed by atoms with Gasteiger partial charge in [0, 0.05) is 30.7 Å². The highest BCUT2D eigenvalue weighted by Crippen LogP contribution is 2.33. The summed E-state index contributed by atoms with van der Waals surface area (Å²) in [4.78, 5) is 41.6. The highest BCUT2D eigenvalue weighted by Gasteiger charge is 2.30. The molecule has 4 rings (SSSR count). The lowest BCUT2D eigenvalue weighted by molar-refractivity contribution is -0.117. The first-order valence-electron chi connectivity index (χ1n) is 10.1. The normalized spacial score (nSPS) is 14.2. The highest BCUT2D eigenvalue weighted by molar-refractivity contribution is 7.17. The van der Waals surface area contributed by atoms with Crippen molar-refractivity contribution in [3.8, 4) is 0 Å². The minimum absolute atomic E-state index is 0.00905. The van der Waals surface area contributed by atoms with Gasteiger partial charge in [0.25, 0.3) is 5.56 Å². The van der Waals surface area contributed by atoms with Crippen LogP contribution in [0.25, 0.3) is 10.1 Å². The highest BCUT2D eigenvalue weighted by atomic mass is 32.1. The minimum atomic E-state index is -0.590. The number of rotatable bonds is 8. The van der Waals surface area contributed by atoms with E-state index in [2.05, 4.69) is 20.7 Å². The molecular weight excluding hydrogens is 434 g/mol. The fraction of sp³-hybridized carbons (Fsp3) is 0.381. The molecule has 168 valence electrons. The van der Waals surface area contributed by atoms with E-state index in [0.717, 1.165) is 12.8 Å². The van der Waals surface area contributed by atoms with Crippen molar-refractivity contribution in [1.29, 1.82) is 0 Å². The smallest absolute Gasteiger partial charge is 0.341 e. The first kappa shape index (κ1) is 21.9. The van der Waals surface area contributed by atoms with Crippen LogP contribution in [-0.2, 0) is 20.8 Å². The Hall–Kier alpha value is -3.31. The number of thiophene rings is 1. The predicted octanol–water partition coefficient (Wildman–Crippen LogP) is 2.77. The molecule has 1 amide bonds. The summed E-state index contributed by atoms with van der Waals surface area (Å²) in [5.74, 6) is -0.372. The van der Waals surface area contributed by atoms with Crippen LogP contribution in [0, 0.1) is 5.92 Å². The van der Waals surface area contributed by atoms with Gasteiger partial charge in [-0.2, -0.15) is 5.10 Å². The number of nitrogens with one attached hydrogen (secondary N) is 2. The number of amides is 1. The molecule has 2 N–H and O–H groups in total. The molecular formula is C21H23N5O5S. The van der Waals surface area contributed by atoms with Gasteiger partial charge in [-0.15, -0.1) is 11.3 Å². The zero-order valence-electron chi connectivity index (χ0n) is 17.9. The molecule has 32 heavy (non-hydrogen) atoms. The zero-order valence-corrected chi connectivity index (χ0v) is 18.7. The van der Waals surface area contributed by atoms with Crippen molar-refractivity contribution in [1.82, 2.24) is 14.8 Å². The van der Waals surface area contributed by atoms with Gasteiger partial charge in [0.1, 0.15) is 11.4 Å². The predicted molar refractivity (Wildman–Crippen MR) is 121 cm³/mol. The second kappa shape index (κ2) is 9.05. The van der Waals surface area contributed by atoms with E-state index in [1.807, 2.05) is 6.92 Å². The molecule has 1 saturated carbocycles. The van der Waals surface area contributed by atoms with Crippen molar-refractivity contribution < 1.29 is 19.1 Å². The Morgan fingerprint density at radius 3 is 2.75 bits per heavy atom. The zero-order chi connectivity index (χ0) is 22.8. The number of anilines is 3. The minimum Gasteiger partial charge on any atom is -0.465 e. The summed E-state index contributed by atoms with van der Waals surface area (Å²) in [6.07, 6.45) is 4.51. The molecule has 0 saturated heterocycles. The van der Waals surface area contributed by atoms with Crippen LogP contribution in [0.15, 0.2) is 28.6 Å². The van der Waals surface area contributed by atoms with Gasteiger partial charge in [0.05, 0.1) is 47.4 Å². The summed E-state index contributed by atoms with van der Waals surface area (Å²) < 4.78 is 12.2. The lowest BCUT2D eigenvalue weighted by Crippen LogP contribution is -2.28. The van der Waals surface area contributed by atoms with Gasteiger partial charge >= 0.3 is 5.97 Å². The van der Waals surface area contributed by atoms with Crippen LogP contribution in [0.1, 0.15) is 30.1 Å². The molecule has 3 heterocycles. The summed E-state index contributed by atoms with van der Waals surface area (Å²) in [5, 5.41) is 12.4. The summed E-state index contributed by atoms with van der Waals surface area (Å²) >= 11 is 1.36. The Labute approximate surface area is 187 Å². The molecule has 0 aliphatic heterocycles. The number of methoxy groups -OCH3 is 2. The summed E-state index contributed by atoms with van der Waals surface area (Å²) in [5.41, 5.74) is 0.794. The van der Waals surface area contributed by atoms with Crippen LogP contribution in [0.5, 0.6) is 0 Å². The Kier molecular flexibility index (Phi) is 6.19. The largest absolute Gasteiger partial charge is 0.465 e. The molecule has 1 aliphatic rings. The third-order valence-electron chi connectivity index (χ3n) is 5.19. The van der Waals surface area contributed by atoms with Crippen molar-refractivity contribution in [3.05, 3.63) is 39.8 Å². The van der Waals surface area contributed by atoms with Gasteiger partial charge in [-0.3, -0.25) is 9.59 Å². The van der Waals surface area contributed by atoms with Crippen molar-refractivity contribution >= 4 is 50.5 Å². The maximum absolute atomic E-state index is 13.1. The fourth-order valence-corrected chi connectivity index (χ4v) is 4.00. The molecule has 0 bridgehead atoms. The molecule has 0 spiro atoms. The van der Waals surface area contributed by atoms with Crippen LogP contribution in [0.2, 0.25) is 0 Å². The van der Waals surface area contributed by atoms with Gasteiger partial charge in [-0.1, -0.05) is 0 Å². The van der Waals surface area contributed by atoms with E-state index in [0.29, 0.717) is 33.8 Å². The average Bonchev–Trinajstić information content (AvgIpc) is 3.57. The Morgan fingerprint density at radius 2 is 2.06 bits per heavy atom. The number of hydrogen-bond donors (Lipinski definition) is 2. The van der Waals surface area contributed by atoms with Crippen LogP contribution in [-0.4, -0.2) is 47.0 Å².